The molecule has 126 valence electrons. The van der Waals surface area contributed by atoms with Crippen molar-refractivity contribution in [3.05, 3.63) is 82.5 Å². The van der Waals surface area contributed by atoms with E-state index in [2.05, 4.69) is 15.0 Å². The zero-order chi connectivity index (χ0) is 18.1. The monoisotopic (exact) mass is 342 g/mol. The van der Waals surface area contributed by atoms with Crippen LogP contribution in [0.25, 0.3) is 33.7 Å². The molecular formula is C20H14N4O2. The van der Waals surface area contributed by atoms with E-state index in [-0.39, 0.29) is 5.69 Å². The summed E-state index contributed by atoms with van der Waals surface area (Å²) in [6, 6.07) is 18.0. The predicted molar refractivity (Wildman–Crippen MR) is 99.6 cm³/mol. The Kier molecular flexibility index (Phi) is 3.85. The molecule has 0 atom stereocenters. The van der Waals surface area contributed by atoms with E-state index in [1.165, 1.54) is 6.07 Å². The topological polar surface area (TPSA) is 81.8 Å². The summed E-state index contributed by atoms with van der Waals surface area (Å²) in [6.45, 7) is 1.88. The Morgan fingerprint density at radius 2 is 1.69 bits per heavy atom. The summed E-state index contributed by atoms with van der Waals surface area (Å²) in [4.78, 5) is 24.6. The molecule has 0 aliphatic carbocycles. The average Bonchev–Trinajstić information content (AvgIpc) is 2.68. The van der Waals surface area contributed by atoms with E-state index in [9.17, 15) is 10.1 Å². The molecule has 0 unspecified atom stereocenters. The molecule has 2 heterocycles. The summed E-state index contributed by atoms with van der Waals surface area (Å²) in [5.74, 6) is 0.489. The number of fused-ring (bicyclic) bond motifs is 1. The van der Waals surface area contributed by atoms with Gasteiger partial charge < -0.3 is 0 Å². The fourth-order valence-electron chi connectivity index (χ4n) is 2.85. The summed E-state index contributed by atoms with van der Waals surface area (Å²) in [6.07, 6.45) is 1.75. The highest BCUT2D eigenvalue weighted by atomic mass is 16.6. The van der Waals surface area contributed by atoms with Crippen LogP contribution in [0.15, 0.2) is 66.9 Å². The molecule has 4 aromatic rings. The van der Waals surface area contributed by atoms with Crippen molar-refractivity contribution < 1.29 is 4.92 Å². The van der Waals surface area contributed by atoms with Gasteiger partial charge in [0.1, 0.15) is 5.69 Å². The predicted octanol–water partition coefficient (Wildman–Crippen LogP) is 4.58. The third-order valence-corrected chi connectivity index (χ3v) is 4.17. The van der Waals surface area contributed by atoms with Gasteiger partial charge in [0.15, 0.2) is 5.82 Å². The minimum atomic E-state index is -0.393. The van der Waals surface area contributed by atoms with Gasteiger partial charge in [-0.3, -0.25) is 10.1 Å². The van der Waals surface area contributed by atoms with Gasteiger partial charge in [-0.2, -0.15) is 0 Å². The largest absolute Gasteiger partial charge is 0.278 e. The zero-order valence-corrected chi connectivity index (χ0v) is 14.0. The molecule has 0 aliphatic rings. The SMILES string of the molecule is Cc1ccc(-c2ncc3ccccc3n2)nc1-c1ccccc1[N+](=O)[O-]. The summed E-state index contributed by atoms with van der Waals surface area (Å²) in [5, 5.41) is 12.3. The number of aryl methyl sites for hydroxylation is 1. The van der Waals surface area contributed by atoms with E-state index >= 15 is 0 Å². The zero-order valence-electron chi connectivity index (χ0n) is 14.0. The lowest BCUT2D eigenvalue weighted by atomic mass is 10.0. The van der Waals surface area contributed by atoms with E-state index in [0.29, 0.717) is 22.8 Å². The molecule has 0 N–H and O–H groups in total. The second-order valence-electron chi connectivity index (χ2n) is 5.89. The number of pyridine rings is 1. The maximum atomic E-state index is 11.4. The Morgan fingerprint density at radius 1 is 0.923 bits per heavy atom. The van der Waals surface area contributed by atoms with Crippen LogP contribution in [-0.2, 0) is 0 Å². The van der Waals surface area contributed by atoms with Crippen LogP contribution in [0.3, 0.4) is 0 Å². The molecule has 0 amide bonds. The maximum Gasteiger partial charge on any atom is 0.278 e. The minimum Gasteiger partial charge on any atom is -0.258 e. The fourth-order valence-corrected chi connectivity index (χ4v) is 2.85. The van der Waals surface area contributed by atoms with Crippen LogP contribution in [-0.4, -0.2) is 19.9 Å². The summed E-state index contributed by atoms with van der Waals surface area (Å²) in [7, 11) is 0. The molecule has 2 aromatic carbocycles. The molecule has 0 radical (unpaired) electrons. The number of hydrogen-bond donors (Lipinski definition) is 0. The van der Waals surface area contributed by atoms with Gasteiger partial charge in [0.2, 0.25) is 0 Å². The number of benzene rings is 2. The number of aromatic nitrogens is 3. The van der Waals surface area contributed by atoms with Crippen LogP contribution < -0.4 is 0 Å². The van der Waals surface area contributed by atoms with E-state index in [1.807, 2.05) is 43.3 Å². The maximum absolute atomic E-state index is 11.4. The number of nitrogens with zero attached hydrogens (tertiary/aromatic N) is 4. The first-order chi connectivity index (χ1) is 12.6. The van der Waals surface area contributed by atoms with Crippen molar-refractivity contribution in [2.24, 2.45) is 0 Å². The van der Waals surface area contributed by atoms with Gasteiger partial charge in [-0.25, -0.2) is 15.0 Å². The molecule has 0 fully saturated rings. The number of nitro benzene ring substituents is 1. The van der Waals surface area contributed by atoms with E-state index in [0.717, 1.165) is 16.5 Å². The molecule has 0 saturated carbocycles. The smallest absolute Gasteiger partial charge is 0.258 e. The molecule has 2 aromatic heterocycles. The lowest BCUT2D eigenvalue weighted by Gasteiger charge is -2.08. The molecule has 0 bridgehead atoms. The minimum absolute atomic E-state index is 0.0275. The highest BCUT2D eigenvalue weighted by Crippen LogP contribution is 2.31. The second-order valence-corrected chi connectivity index (χ2v) is 5.89. The molecule has 26 heavy (non-hydrogen) atoms. The number of hydrogen-bond acceptors (Lipinski definition) is 5. The molecule has 0 aliphatic heterocycles. The van der Waals surface area contributed by atoms with Gasteiger partial charge in [0, 0.05) is 17.6 Å². The van der Waals surface area contributed by atoms with Crippen molar-refractivity contribution >= 4 is 16.6 Å². The molecule has 6 heteroatoms. The van der Waals surface area contributed by atoms with Gasteiger partial charge in [-0.15, -0.1) is 0 Å². The quantitative estimate of drug-likeness (QED) is 0.402. The van der Waals surface area contributed by atoms with Crippen LogP contribution in [0.5, 0.6) is 0 Å². The van der Waals surface area contributed by atoms with Crippen molar-refractivity contribution in [2.45, 2.75) is 6.92 Å². The van der Waals surface area contributed by atoms with Gasteiger partial charge >= 0.3 is 0 Å². The molecular weight excluding hydrogens is 328 g/mol. The summed E-state index contributed by atoms with van der Waals surface area (Å²) < 4.78 is 0. The average molecular weight is 342 g/mol. The first-order valence-electron chi connectivity index (χ1n) is 8.07. The standard InChI is InChI=1S/C20H14N4O2/c1-13-10-11-17(20-21-12-14-6-2-4-8-16(14)23-20)22-19(13)15-7-3-5-9-18(15)24(25)26/h2-12H,1H3. The first kappa shape index (κ1) is 15.8. The Bertz CT molecular complexity index is 1140. The van der Waals surface area contributed by atoms with E-state index < -0.39 is 4.92 Å². The summed E-state index contributed by atoms with van der Waals surface area (Å²) in [5.41, 5.74) is 3.33. The van der Waals surface area contributed by atoms with Crippen LogP contribution in [0, 0.1) is 17.0 Å². The Balaban J connectivity index is 1.88. The van der Waals surface area contributed by atoms with Crippen molar-refractivity contribution in [1.82, 2.24) is 15.0 Å². The lowest BCUT2D eigenvalue weighted by Crippen LogP contribution is -1.98. The van der Waals surface area contributed by atoms with Gasteiger partial charge in [0.05, 0.1) is 21.7 Å². The van der Waals surface area contributed by atoms with Gasteiger partial charge in [-0.05, 0) is 30.7 Å². The fraction of sp³-hybridized carbons (Fsp3) is 0.0500. The Labute approximate surface area is 149 Å². The molecule has 6 nitrogen and oxygen atoms in total. The highest BCUT2D eigenvalue weighted by molar-refractivity contribution is 5.79. The Morgan fingerprint density at radius 3 is 2.54 bits per heavy atom. The van der Waals surface area contributed by atoms with Crippen LogP contribution in [0.4, 0.5) is 5.69 Å². The second kappa shape index (κ2) is 6.33. The van der Waals surface area contributed by atoms with Crippen LogP contribution >= 0.6 is 0 Å². The molecule has 4 rings (SSSR count). The van der Waals surface area contributed by atoms with E-state index in [1.54, 1.807) is 24.4 Å². The van der Waals surface area contributed by atoms with Crippen molar-refractivity contribution in [3.63, 3.8) is 0 Å². The number of nitro groups is 1. The number of rotatable bonds is 3. The highest BCUT2D eigenvalue weighted by Gasteiger charge is 2.18. The number of para-hydroxylation sites is 2. The molecule has 0 saturated heterocycles. The molecule has 0 spiro atoms. The van der Waals surface area contributed by atoms with Crippen LogP contribution in [0.2, 0.25) is 0 Å². The summed E-state index contributed by atoms with van der Waals surface area (Å²) >= 11 is 0. The van der Waals surface area contributed by atoms with Crippen molar-refractivity contribution in [2.75, 3.05) is 0 Å². The van der Waals surface area contributed by atoms with E-state index in [4.69, 9.17) is 0 Å². The third-order valence-electron chi connectivity index (χ3n) is 4.17. The van der Waals surface area contributed by atoms with Crippen molar-refractivity contribution in [1.29, 1.82) is 0 Å². The third kappa shape index (κ3) is 2.77. The van der Waals surface area contributed by atoms with Crippen molar-refractivity contribution in [3.8, 4) is 22.8 Å². The first-order valence-corrected chi connectivity index (χ1v) is 8.07. The lowest BCUT2D eigenvalue weighted by molar-refractivity contribution is -0.384. The van der Waals surface area contributed by atoms with Gasteiger partial charge in [-0.1, -0.05) is 36.4 Å². The van der Waals surface area contributed by atoms with Gasteiger partial charge in [0.25, 0.3) is 5.69 Å². The van der Waals surface area contributed by atoms with Crippen LogP contribution in [0.1, 0.15) is 5.56 Å². The normalized spacial score (nSPS) is 10.8. The Hall–Kier alpha value is -3.67.